The molecule has 0 saturated carbocycles. The Morgan fingerprint density at radius 2 is 2.12 bits per heavy atom. The summed E-state index contributed by atoms with van der Waals surface area (Å²) in [5.41, 5.74) is 1.15. The van der Waals surface area contributed by atoms with Gasteiger partial charge in [0.15, 0.2) is 5.16 Å². The Kier molecular flexibility index (Phi) is 5.21. The van der Waals surface area contributed by atoms with Crippen LogP contribution in [0.4, 0.5) is 5.82 Å². The maximum absolute atomic E-state index is 11.9. The molecule has 1 N–H and O–H groups in total. The predicted octanol–water partition coefficient (Wildman–Crippen LogP) is 1.98. The standard InChI is InChI=1S/C11H17N3O2S/c1-5-7-8(10(15)16-6-2)9(12-3)14-11(13-7)17-4/h5-6H2,1-4H3,(H,12,13,14). The largest absolute Gasteiger partial charge is 0.462 e. The molecule has 0 bridgehead atoms. The van der Waals surface area contributed by atoms with Gasteiger partial charge in [0.25, 0.3) is 0 Å². The van der Waals surface area contributed by atoms with Crippen molar-refractivity contribution < 1.29 is 9.53 Å². The van der Waals surface area contributed by atoms with Gasteiger partial charge in [0.2, 0.25) is 0 Å². The lowest BCUT2D eigenvalue weighted by Crippen LogP contribution is -2.14. The maximum Gasteiger partial charge on any atom is 0.343 e. The molecular formula is C11H17N3O2S. The minimum absolute atomic E-state index is 0.343. The molecule has 0 aliphatic heterocycles. The third-order valence-electron chi connectivity index (χ3n) is 2.20. The zero-order chi connectivity index (χ0) is 12.8. The lowest BCUT2D eigenvalue weighted by Gasteiger charge is -2.12. The minimum Gasteiger partial charge on any atom is -0.462 e. The van der Waals surface area contributed by atoms with Gasteiger partial charge >= 0.3 is 5.97 Å². The Bertz CT molecular complexity index is 385. The Hall–Kier alpha value is -1.30. The summed E-state index contributed by atoms with van der Waals surface area (Å²) >= 11 is 1.45. The number of carbonyl (C=O) groups is 1. The highest BCUT2D eigenvalue weighted by Gasteiger charge is 2.20. The molecule has 0 saturated heterocycles. The summed E-state index contributed by atoms with van der Waals surface area (Å²) in [4.78, 5) is 20.4. The van der Waals surface area contributed by atoms with Crippen LogP contribution in [0.25, 0.3) is 0 Å². The summed E-state index contributed by atoms with van der Waals surface area (Å²) in [5, 5.41) is 3.57. The van der Waals surface area contributed by atoms with Gasteiger partial charge in [-0.1, -0.05) is 18.7 Å². The lowest BCUT2D eigenvalue weighted by molar-refractivity contribution is 0.0525. The van der Waals surface area contributed by atoms with Crippen molar-refractivity contribution >= 4 is 23.5 Å². The van der Waals surface area contributed by atoms with Crippen molar-refractivity contribution in [3.63, 3.8) is 0 Å². The molecule has 94 valence electrons. The van der Waals surface area contributed by atoms with E-state index < -0.39 is 0 Å². The quantitative estimate of drug-likeness (QED) is 0.493. The van der Waals surface area contributed by atoms with E-state index in [4.69, 9.17) is 4.74 Å². The topological polar surface area (TPSA) is 64.1 Å². The van der Waals surface area contributed by atoms with Crippen molar-refractivity contribution in [3.05, 3.63) is 11.3 Å². The number of rotatable bonds is 5. The van der Waals surface area contributed by atoms with Crippen molar-refractivity contribution in [2.24, 2.45) is 0 Å². The number of hydrogen-bond acceptors (Lipinski definition) is 6. The van der Waals surface area contributed by atoms with Crippen LogP contribution in [0.3, 0.4) is 0 Å². The average Bonchev–Trinajstić information content (AvgIpc) is 2.37. The fourth-order valence-electron chi connectivity index (χ4n) is 1.43. The molecule has 5 nitrogen and oxygen atoms in total. The van der Waals surface area contributed by atoms with Gasteiger partial charge in [-0.3, -0.25) is 0 Å². The van der Waals surface area contributed by atoms with E-state index in [2.05, 4.69) is 15.3 Å². The first-order chi connectivity index (χ1) is 8.17. The summed E-state index contributed by atoms with van der Waals surface area (Å²) in [7, 11) is 1.73. The molecule has 0 radical (unpaired) electrons. The van der Waals surface area contributed by atoms with Gasteiger partial charge < -0.3 is 10.1 Å². The maximum atomic E-state index is 11.9. The van der Waals surface area contributed by atoms with Gasteiger partial charge in [0, 0.05) is 7.05 Å². The molecule has 0 atom stereocenters. The van der Waals surface area contributed by atoms with Crippen molar-refractivity contribution in [2.45, 2.75) is 25.4 Å². The number of aryl methyl sites for hydroxylation is 1. The number of carbonyl (C=O) groups excluding carboxylic acids is 1. The van der Waals surface area contributed by atoms with Crippen LogP contribution in [0.2, 0.25) is 0 Å². The van der Waals surface area contributed by atoms with Crippen LogP contribution in [0.5, 0.6) is 0 Å². The van der Waals surface area contributed by atoms with Crippen LogP contribution in [0, 0.1) is 0 Å². The second kappa shape index (κ2) is 6.44. The SMILES string of the molecule is CCOC(=O)c1c(CC)nc(SC)nc1NC. The fraction of sp³-hybridized carbons (Fsp3) is 0.545. The van der Waals surface area contributed by atoms with Gasteiger partial charge in [-0.05, 0) is 19.6 Å². The van der Waals surface area contributed by atoms with Gasteiger partial charge in [-0.25, -0.2) is 14.8 Å². The number of esters is 1. The van der Waals surface area contributed by atoms with E-state index in [1.165, 1.54) is 11.8 Å². The highest BCUT2D eigenvalue weighted by molar-refractivity contribution is 7.98. The van der Waals surface area contributed by atoms with E-state index in [1.807, 2.05) is 13.2 Å². The molecule has 6 heteroatoms. The summed E-state index contributed by atoms with van der Waals surface area (Å²) < 4.78 is 5.02. The van der Waals surface area contributed by atoms with Crippen LogP contribution >= 0.6 is 11.8 Å². The lowest BCUT2D eigenvalue weighted by atomic mass is 10.1. The molecule has 1 aromatic rings. The summed E-state index contributed by atoms with van der Waals surface area (Å²) in [5.74, 6) is 0.154. The Morgan fingerprint density at radius 1 is 1.41 bits per heavy atom. The third-order valence-corrected chi connectivity index (χ3v) is 2.74. The first kappa shape index (κ1) is 13.8. The van der Waals surface area contributed by atoms with E-state index in [0.29, 0.717) is 35.3 Å². The number of ether oxygens (including phenoxy) is 1. The molecule has 1 rings (SSSR count). The van der Waals surface area contributed by atoms with Gasteiger partial charge in [0.05, 0.1) is 12.3 Å². The highest BCUT2D eigenvalue weighted by Crippen LogP contribution is 2.21. The van der Waals surface area contributed by atoms with E-state index in [0.717, 1.165) is 0 Å². The van der Waals surface area contributed by atoms with Crippen LogP contribution in [0.1, 0.15) is 29.9 Å². The molecule has 0 unspecified atom stereocenters. The second-order valence-electron chi connectivity index (χ2n) is 3.20. The Labute approximate surface area is 105 Å². The fourth-order valence-corrected chi connectivity index (χ4v) is 1.81. The zero-order valence-corrected chi connectivity index (χ0v) is 11.3. The smallest absolute Gasteiger partial charge is 0.343 e. The van der Waals surface area contributed by atoms with E-state index in [1.54, 1.807) is 14.0 Å². The molecule has 17 heavy (non-hydrogen) atoms. The van der Waals surface area contributed by atoms with E-state index in [-0.39, 0.29) is 5.97 Å². The number of aromatic nitrogens is 2. The van der Waals surface area contributed by atoms with Crippen molar-refractivity contribution in [3.8, 4) is 0 Å². The summed E-state index contributed by atoms with van der Waals surface area (Å²) in [6, 6.07) is 0. The van der Waals surface area contributed by atoms with Crippen LogP contribution in [-0.4, -0.2) is 35.8 Å². The van der Waals surface area contributed by atoms with Crippen molar-refractivity contribution in [1.29, 1.82) is 0 Å². The normalized spacial score (nSPS) is 10.1. The molecule has 0 amide bonds. The number of nitrogens with zero attached hydrogens (tertiary/aromatic N) is 2. The third kappa shape index (κ3) is 3.09. The molecule has 0 aliphatic rings. The molecule has 0 fully saturated rings. The Balaban J connectivity index is 3.29. The number of hydrogen-bond donors (Lipinski definition) is 1. The van der Waals surface area contributed by atoms with E-state index >= 15 is 0 Å². The number of nitrogens with one attached hydrogen (secondary N) is 1. The van der Waals surface area contributed by atoms with Gasteiger partial charge in [-0.15, -0.1) is 0 Å². The Morgan fingerprint density at radius 3 is 2.59 bits per heavy atom. The van der Waals surface area contributed by atoms with Crippen LogP contribution < -0.4 is 5.32 Å². The van der Waals surface area contributed by atoms with Gasteiger partial charge in [-0.2, -0.15) is 0 Å². The zero-order valence-electron chi connectivity index (χ0n) is 10.5. The van der Waals surface area contributed by atoms with Gasteiger partial charge in [0.1, 0.15) is 11.4 Å². The number of anilines is 1. The molecule has 0 aromatic carbocycles. The molecule has 1 heterocycles. The minimum atomic E-state index is -0.374. The first-order valence-electron chi connectivity index (χ1n) is 5.47. The monoisotopic (exact) mass is 255 g/mol. The first-order valence-corrected chi connectivity index (χ1v) is 6.70. The molecule has 1 aromatic heterocycles. The summed E-state index contributed by atoms with van der Waals surface area (Å²) in [6.07, 6.45) is 2.57. The molecule has 0 spiro atoms. The van der Waals surface area contributed by atoms with Crippen LogP contribution in [0.15, 0.2) is 5.16 Å². The average molecular weight is 255 g/mol. The van der Waals surface area contributed by atoms with E-state index in [9.17, 15) is 4.79 Å². The van der Waals surface area contributed by atoms with Crippen molar-refractivity contribution in [2.75, 3.05) is 25.2 Å². The molecule has 0 aliphatic carbocycles. The predicted molar refractivity (Wildman–Crippen MR) is 68.7 cm³/mol. The van der Waals surface area contributed by atoms with Crippen molar-refractivity contribution in [1.82, 2.24) is 9.97 Å². The number of thioether (sulfide) groups is 1. The second-order valence-corrected chi connectivity index (χ2v) is 3.98. The highest BCUT2D eigenvalue weighted by atomic mass is 32.2. The summed E-state index contributed by atoms with van der Waals surface area (Å²) in [6.45, 7) is 4.07. The molecular weight excluding hydrogens is 238 g/mol. The van der Waals surface area contributed by atoms with Crippen LogP contribution in [-0.2, 0) is 11.2 Å².